The Kier molecular flexibility index (Phi) is 3.42. The van der Waals surface area contributed by atoms with Crippen molar-refractivity contribution in [3.8, 4) is 11.1 Å². The second-order valence-electron chi connectivity index (χ2n) is 3.82. The van der Waals surface area contributed by atoms with E-state index in [1.807, 2.05) is 4.98 Å². The maximum Gasteiger partial charge on any atom is 0.262 e. The number of nitrogens with one attached hydrogen (secondary N) is 1. The van der Waals surface area contributed by atoms with E-state index < -0.39 is 26.5 Å². The second-order valence-corrected chi connectivity index (χ2v) is 6.18. The molecule has 0 unspecified atom stereocenters. The number of sulfone groups is 1. The van der Waals surface area contributed by atoms with E-state index in [9.17, 15) is 17.6 Å². The molecular formula is C11H8ClFN2O3S. The number of rotatable bonds is 2. The maximum atomic E-state index is 13.8. The van der Waals surface area contributed by atoms with E-state index >= 15 is 0 Å². The summed E-state index contributed by atoms with van der Waals surface area (Å²) in [6.45, 7) is 0. The molecule has 1 heterocycles. The van der Waals surface area contributed by atoms with Gasteiger partial charge in [0, 0.05) is 11.3 Å². The van der Waals surface area contributed by atoms with Gasteiger partial charge in [-0.05, 0) is 17.7 Å². The molecule has 2 rings (SSSR count). The molecule has 0 amide bonds. The highest BCUT2D eigenvalue weighted by atomic mass is 35.5. The summed E-state index contributed by atoms with van der Waals surface area (Å²) in [7, 11) is -3.78. The monoisotopic (exact) mass is 302 g/mol. The summed E-state index contributed by atoms with van der Waals surface area (Å²) in [5, 5.41) is -0.269. The van der Waals surface area contributed by atoms with Crippen LogP contribution >= 0.6 is 11.6 Å². The average Bonchev–Trinajstić information content (AvgIpc) is 2.29. The first kappa shape index (κ1) is 13.7. The normalized spacial score (nSPS) is 11.5. The zero-order valence-electron chi connectivity index (χ0n) is 9.65. The number of aromatic amines is 1. The molecular weight excluding hydrogens is 295 g/mol. The molecule has 0 aliphatic carbocycles. The number of benzene rings is 1. The molecule has 100 valence electrons. The van der Waals surface area contributed by atoms with E-state index in [0.717, 1.165) is 6.26 Å². The van der Waals surface area contributed by atoms with Gasteiger partial charge in [0.1, 0.15) is 5.56 Å². The first-order valence-electron chi connectivity index (χ1n) is 5.05. The van der Waals surface area contributed by atoms with Gasteiger partial charge in [-0.3, -0.25) is 9.78 Å². The van der Waals surface area contributed by atoms with Crippen LogP contribution in [0.4, 0.5) is 4.39 Å². The van der Waals surface area contributed by atoms with Crippen LogP contribution in [0.3, 0.4) is 0 Å². The topological polar surface area (TPSA) is 79.9 Å². The molecule has 19 heavy (non-hydrogen) atoms. The minimum absolute atomic E-state index is 0.260. The van der Waals surface area contributed by atoms with Gasteiger partial charge in [-0.1, -0.05) is 23.7 Å². The van der Waals surface area contributed by atoms with Crippen LogP contribution in [0.25, 0.3) is 11.1 Å². The van der Waals surface area contributed by atoms with Crippen LogP contribution in [0.1, 0.15) is 0 Å². The minimum atomic E-state index is -3.78. The molecule has 0 saturated heterocycles. The zero-order valence-corrected chi connectivity index (χ0v) is 11.2. The number of aromatic nitrogens is 2. The van der Waals surface area contributed by atoms with Crippen LogP contribution in [0.5, 0.6) is 0 Å². The van der Waals surface area contributed by atoms with E-state index in [2.05, 4.69) is 4.98 Å². The summed E-state index contributed by atoms with van der Waals surface area (Å²) >= 11 is 5.69. The van der Waals surface area contributed by atoms with Crippen molar-refractivity contribution in [3.05, 3.63) is 45.6 Å². The van der Waals surface area contributed by atoms with Gasteiger partial charge in [0.15, 0.2) is 0 Å². The third kappa shape index (κ3) is 2.82. The molecule has 0 saturated carbocycles. The zero-order chi connectivity index (χ0) is 14.2. The van der Waals surface area contributed by atoms with E-state index in [1.54, 1.807) is 0 Å². The Hall–Kier alpha value is -1.73. The molecule has 0 aliphatic rings. The van der Waals surface area contributed by atoms with Gasteiger partial charge in [0.2, 0.25) is 20.9 Å². The number of halogens is 2. The van der Waals surface area contributed by atoms with Gasteiger partial charge in [0.25, 0.3) is 5.56 Å². The molecule has 5 nitrogen and oxygen atoms in total. The largest absolute Gasteiger partial charge is 0.297 e. The van der Waals surface area contributed by atoms with Gasteiger partial charge in [-0.25, -0.2) is 8.42 Å². The predicted octanol–water partition coefficient (Wildman–Crippen LogP) is 1.63. The lowest BCUT2D eigenvalue weighted by Crippen LogP contribution is -2.19. The number of nitrogens with zero attached hydrogens (tertiary/aromatic N) is 1. The van der Waals surface area contributed by atoms with Crippen LogP contribution in [-0.2, 0) is 9.84 Å². The summed E-state index contributed by atoms with van der Waals surface area (Å²) in [6.07, 6.45) is 0.826. The van der Waals surface area contributed by atoms with Crippen LogP contribution < -0.4 is 5.56 Å². The number of hydrogen-bond donors (Lipinski definition) is 1. The number of hydrogen-bond acceptors (Lipinski definition) is 4. The quantitative estimate of drug-likeness (QED) is 0.675. The van der Waals surface area contributed by atoms with Crippen LogP contribution in [0.2, 0.25) is 5.02 Å². The SMILES string of the molecule is CS(=O)(=O)c1nc(F)c(-c2ccc(Cl)cc2)c(=O)[nH]1. The third-order valence-corrected chi connectivity index (χ3v) is 3.49. The molecule has 1 aromatic carbocycles. The van der Waals surface area contributed by atoms with E-state index in [0.29, 0.717) is 5.02 Å². The maximum absolute atomic E-state index is 13.8. The molecule has 1 N–H and O–H groups in total. The summed E-state index contributed by atoms with van der Waals surface area (Å²) in [5.74, 6) is -1.15. The minimum Gasteiger partial charge on any atom is -0.297 e. The summed E-state index contributed by atoms with van der Waals surface area (Å²) in [5.41, 5.74) is -0.935. The Bertz CT molecular complexity index is 785. The van der Waals surface area contributed by atoms with Crippen molar-refractivity contribution < 1.29 is 12.8 Å². The Morgan fingerprint density at radius 1 is 1.26 bits per heavy atom. The van der Waals surface area contributed by atoms with Gasteiger partial charge in [-0.15, -0.1) is 0 Å². The molecule has 1 aromatic heterocycles. The highest BCUT2D eigenvalue weighted by molar-refractivity contribution is 7.90. The van der Waals surface area contributed by atoms with Gasteiger partial charge >= 0.3 is 0 Å². The van der Waals surface area contributed by atoms with E-state index in [-0.39, 0.29) is 11.1 Å². The van der Waals surface area contributed by atoms with Crippen molar-refractivity contribution in [1.82, 2.24) is 9.97 Å². The van der Waals surface area contributed by atoms with Crippen LogP contribution in [0, 0.1) is 5.95 Å². The fraction of sp³-hybridized carbons (Fsp3) is 0.0909. The van der Waals surface area contributed by atoms with Crippen molar-refractivity contribution in [2.24, 2.45) is 0 Å². The van der Waals surface area contributed by atoms with Crippen molar-refractivity contribution in [2.75, 3.05) is 6.26 Å². The average molecular weight is 303 g/mol. The lowest BCUT2D eigenvalue weighted by molar-refractivity contribution is 0.547. The Balaban J connectivity index is 2.67. The van der Waals surface area contributed by atoms with Crippen LogP contribution in [-0.4, -0.2) is 24.6 Å². The third-order valence-electron chi connectivity index (χ3n) is 2.34. The molecule has 0 spiro atoms. The highest BCUT2D eigenvalue weighted by Crippen LogP contribution is 2.20. The molecule has 0 aliphatic heterocycles. The fourth-order valence-electron chi connectivity index (χ4n) is 1.47. The summed E-state index contributed by atoms with van der Waals surface area (Å²) in [6, 6.07) is 5.86. The molecule has 2 aromatic rings. The van der Waals surface area contributed by atoms with Crippen LogP contribution in [0.15, 0.2) is 34.2 Å². The van der Waals surface area contributed by atoms with Crippen molar-refractivity contribution >= 4 is 21.4 Å². The standard InChI is InChI=1S/C11H8ClFN2O3S/c1-19(17,18)11-14-9(13)8(10(16)15-11)6-2-4-7(12)5-3-6/h2-5H,1H3,(H,14,15,16). The van der Waals surface area contributed by atoms with E-state index in [1.165, 1.54) is 24.3 Å². The molecule has 8 heteroatoms. The molecule has 0 atom stereocenters. The second kappa shape index (κ2) is 4.75. The van der Waals surface area contributed by atoms with Gasteiger partial charge in [0.05, 0.1) is 0 Å². The summed E-state index contributed by atoms with van der Waals surface area (Å²) in [4.78, 5) is 17.1. The lowest BCUT2D eigenvalue weighted by Gasteiger charge is -2.04. The van der Waals surface area contributed by atoms with Crippen molar-refractivity contribution in [2.45, 2.75) is 5.16 Å². The predicted molar refractivity (Wildman–Crippen MR) is 68.4 cm³/mol. The molecule has 0 fully saturated rings. The molecule has 0 radical (unpaired) electrons. The lowest BCUT2D eigenvalue weighted by atomic mass is 10.1. The molecule has 0 bridgehead atoms. The summed E-state index contributed by atoms with van der Waals surface area (Å²) < 4.78 is 36.2. The van der Waals surface area contributed by atoms with E-state index in [4.69, 9.17) is 11.6 Å². The Morgan fingerprint density at radius 2 is 1.84 bits per heavy atom. The highest BCUT2D eigenvalue weighted by Gasteiger charge is 2.18. The smallest absolute Gasteiger partial charge is 0.262 e. The number of H-pyrrole nitrogens is 1. The first-order chi connectivity index (χ1) is 8.79. The Morgan fingerprint density at radius 3 is 2.32 bits per heavy atom. The van der Waals surface area contributed by atoms with Gasteiger partial charge in [-0.2, -0.15) is 9.37 Å². The van der Waals surface area contributed by atoms with Crippen molar-refractivity contribution in [3.63, 3.8) is 0 Å². The Labute approximate surface area is 113 Å². The van der Waals surface area contributed by atoms with Gasteiger partial charge < -0.3 is 0 Å². The first-order valence-corrected chi connectivity index (χ1v) is 7.32. The van der Waals surface area contributed by atoms with Crippen molar-refractivity contribution in [1.29, 1.82) is 0 Å². The fourth-order valence-corrected chi connectivity index (χ4v) is 2.12.